The van der Waals surface area contributed by atoms with Gasteiger partial charge in [0, 0.05) is 0 Å². The molecule has 0 saturated carbocycles. The van der Waals surface area contributed by atoms with Gasteiger partial charge in [-0.3, -0.25) is 0 Å². The third kappa shape index (κ3) is 10.3. The maximum atomic E-state index is 10.7. The zero-order valence-corrected chi connectivity index (χ0v) is 17.4. The molecule has 0 radical (unpaired) electrons. The first-order valence-corrected chi connectivity index (χ1v) is 13.0. The predicted molar refractivity (Wildman–Crippen MR) is 76.3 cm³/mol. The summed E-state index contributed by atoms with van der Waals surface area (Å²) < 4.78 is 59.2. The Morgan fingerprint density at radius 3 is 1.33 bits per heavy atom. The molecule has 0 aromatic heterocycles. The van der Waals surface area contributed by atoms with Crippen molar-refractivity contribution >= 4 is 97.7 Å². The summed E-state index contributed by atoms with van der Waals surface area (Å²) in [6, 6.07) is 0. The van der Waals surface area contributed by atoms with Gasteiger partial charge in [-0.2, -0.15) is 0 Å². The third-order valence-corrected chi connectivity index (χ3v) is 12.0. The van der Waals surface area contributed by atoms with Gasteiger partial charge in [0.05, 0.1) is 0 Å². The van der Waals surface area contributed by atoms with Gasteiger partial charge in [0.15, 0.2) is 0 Å². The molecule has 0 aliphatic carbocycles. The van der Waals surface area contributed by atoms with Crippen LogP contribution in [0.5, 0.6) is 0 Å². The van der Waals surface area contributed by atoms with E-state index in [1.54, 1.807) is 0 Å². The first-order chi connectivity index (χ1) is 8.05. The van der Waals surface area contributed by atoms with Crippen LogP contribution < -0.4 is 0 Å². The fourth-order valence-corrected chi connectivity index (χ4v) is 5.81. The van der Waals surface area contributed by atoms with E-state index in [4.69, 9.17) is 9.11 Å². The van der Waals surface area contributed by atoms with E-state index in [-0.39, 0.29) is 0 Å². The van der Waals surface area contributed by atoms with Gasteiger partial charge in [-0.05, 0) is 0 Å². The van der Waals surface area contributed by atoms with Crippen LogP contribution in [0.4, 0.5) is 0 Å². The summed E-state index contributed by atoms with van der Waals surface area (Å²) >= 11 is 0.782. The van der Waals surface area contributed by atoms with Gasteiger partial charge in [0.1, 0.15) is 0 Å². The van der Waals surface area contributed by atoms with Crippen molar-refractivity contribution < 1.29 is 25.9 Å². The number of hydrogen-bond donors (Lipinski definition) is 2. The van der Waals surface area contributed by atoms with Crippen molar-refractivity contribution in [3.8, 4) is 0 Å². The fraction of sp³-hybridized carbons (Fsp3) is 1.00. The zero-order chi connectivity index (χ0) is 14.4. The molecule has 0 aliphatic heterocycles. The molecular weight excluding hydrogens is 342 g/mol. The average Bonchev–Trinajstić information content (AvgIpc) is 2.19. The minimum absolute atomic E-state index is 0.391. The van der Waals surface area contributed by atoms with Crippen molar-refractivity contribution in [3.05, 3.63) is 0 Å². The Kier molecular flexibility index (Phi) is 10.9. The minimum atomic E-state index is -3.90. The molecule has 12 heteroatoms. The SMILES string of the molecule is O=S(=O)(O)[CH]([Na])CCSSCC[CH]([Na])S(=O)(=O)O. The predicted octanol–water partition coefficient (Wildman–Crippen LogP) is -0.0872. The number of hydrogen-bond acceptors (Lipinski definition) is 6. The van der Waals surface area contributed by atoms with Gasteiger partial charge in [-0.15, -0.1) is 0 Å². The molecule has 0 aromatic rings. The Hall–Kier alpha value is 2.52. The van der Waals surface area contributed by atoms with Crippen molar-refractivity contribution in [1.29, 1.82) is 0 Å². The van der Waals surface area contributed by atoms with E-state index in [1.807, 2.05) is 0 Å². The van der Waals surface area contributed by atoms with E-state index in [0.717, 1.165) is 0 Å². The summed E-state index contributed by atoms with van der Waals surface area (Å²) in [5.41, 5.74) is 0. The number of rotatable bonds is 9. The Morgan fingerprint density at radius 2 is 1.11 bits per heavy atom. The van der Waals surface area contributed by atoms with E-state index >= 15 is 0 Å². The van der Waals surface area contributed by atoms with Gasteiger partial charge >= 0.3 is 153 Å². The van der Waals surface area contributed by atoms with Crippen molar-refractivity contribution in [2.75, 3.05) is 11.5 Å². The van der Waals surface area contributed by atoms with Crippen molar-refractivity contribution in [1.82, 2.24) is 0 Å². The van der Waals surface area contributed by atoms with Crippen LogP contribution in [0.1, 0.15) is 12.8 Å². The maximum absolute atomic E-state index is 10.7. The Morgan fingerprint density at radius 1 is 0.833 bits per heavy atom. The average molecular weight is 354 g/mol. The van der Waals surface area contributed by atoms with Gasteiger partial charge in [-0.1, -0.05) is 0 Å². The van der Waals surface area contributed by atoms with Crippen LogP contribution in [0, 0.1) is 0 Å². The first-order valence-electron chi connectivity index (χ1n) is 5.22. The first kappa shape index (κ1) is 20.5. The van der Waals surface area contributed by atoms with Crippen molar-refractivity contribution in [2.24, 2.45) is 0 Å². The van der Waals surface area contributed by atoms with E-state index in [2.05, 4.69) is 0 Å². The van der Waals surface area contributed by atoms with Crippen LogP contribution in [0.25, 0.3) is 0 Å². The van der Waals surface area contributed by atoms with Gasteiger partial charge < -0.3 is 0 Å². The summed E-state index contributed by atoms with van der Waals surface area (Å²) in [4.78, 5) is 0. The molecule has 18 heavy (non-hydrogen) atoms. The third-order valence-electron chi connectivity index (χ3n) is 2.32. The normalized spacial score (nSPS) is 16.6. The summed E-state index contributed by atoms with van der Waals surface area (Å²) in [6.07, 6.45) is 0.816. The molecule has 6 nitrogen and oxygen atoms in total. The van der Waals surface area contributed by atoms with E-state index in [0.29, 0.717) is 80.2 Å². The molecule has 0 saturated heterocycles. The second-order valence-corrected chi connectivity index (χ2v) is 14.7. The molecule has 0 rings (SSSR count). The molecule has 2 unspecified atom stereocenters. The summed E-state index contributed by atoms with van der Waals surface area (Å²) in [5, 5.41) is 0. The standard InChI is InChI=1S/C6H12O6S4.2Na/c7-15(8,9)5-1-3-13-14-4-2-6-16(10,11)12;;/h5-6H,1-4H2,(H,7,8,9)(H,10,11,12);;. The molecule has 0 amide bonds. The molecule has 0 bridgehead atoms. The molecule has 0 spiro atoms. The molecular formula is C6H12Na2O6S4. The van der Waals surface area contributed by atoms with Gasteiger partial charge in [-0.25, -0.2) is 0 Å². The molecule has 2 N–H and O–H groups in total. The van der Waals surface area contributed by atoms with Gasteiger partial charge in [0.2, 0.25) is 0 Å². The van der Waals surface area contributed by atoms with Gasteiger partial charge in [0.25, 0.3) is 0 Å². The fourth-order valence-electron chi connectivity index (χ4n) is 0.844. The Bertz CT molecular complexity index is 393. The van der Waals surface area contributed by atoms with Crippen molar-refractivity contribution in [2.45, 2.75) is 17.8 Å². The zero-order valence-electron chi connectivity index (χ0n) is 10.1. The molecule has 2 atom stereocenters. The Balaban J connectivity index is 3.65. The topological polar surface area (TPSA) is 109 Å². The quantitative estimate of drug-likeness (QED) is 0.256. The summed E-state index contributed by atoms with van der Waals surface area (Å²) in [6.45, 7) is 0. The monoisotopic (exact) mass is 354 g/mol. The van der Waals surface area contributed by atoms with E-state index in [9.17, 15) is 16.8 Å². The van der Waals surface area contributed by atoms with Crippen molar-refractivity contribution in [3.63, 3.8) is 0 Å². The van der Waals surface area contributed by atoms with Crippen LogP contribution in [0.2, 0.25) is 0 Å². The van der Waals surface area contributed by atoms with Crippen LogP contribution >= 0.6 is 21.6 Å². The Labute approximate surface area is 151 Å². The molecule has 0 fully saturated rings. The molecule has 0 aromatic carbocycles. The summed E-state index contributed by atoms with van der Waals surface area (Å²) in [7, 11) is -4.89. The molecule has 0 aliphatic rings. The second-order valence-electron chi connectivity index (χ2n) is 3.87. The van der Waals surface area contributed by atoms with Crippen LogP contribution in [0.3, 0.4) is 0 Å². The van der Waals surface area contributed by atoms with Crippen LogP contribution in [-0.2, 0) is 20.2 Å². The molecule has 98 valence electrons. The van der Waals surface area contributed by atoms with Crippen LogP contribution in [-0.4, -0.2) is 98.3 Å². The van der Waals surface area contributed by atoms with E-state index in [1.165, 1.54) is 21.6 Å². The van der Waals surface area contributed by atoms with Crippen LogP contribution in [0.15, 0.2) is 0 Å². The van der Waals surface area contributed by atoms with E-state index < -0.39 is 25.2 Å². The molecule has 0 heterocycles. The summed E-state index contributed by atoms with van der Waals surface area (Å²) in [5.74, 6) is 1.19. The second kappa shape index (κ2) is 9.52.